The Morgan fingerprint density at radius 3 is 2.62 bits per heavy atom. The Morgan fingerprint density at radius 2 is 1.91 bits per heavy atom. The summed E-state index contributed by atoms with van der Waals surface area (Å²) < 4.78 is 0. The van der Waals surface area contributed by atoms with Gasteiger partial charge in [-0.05, 0) is 55.3 Å². The lowest BCUT2D eigenvalue weighted by Gasteiger charge is -2.23. The summed E-state index contributed by atoms with van der Waals surface area (Å²) in [5.74, 6) is -0.269. The Kier molecular flexibility index (Phi) is 6.57. The van der Waals surface area contributed by atoms with Gasteiger partial charge in [0.2, 0.25) is 11.0 Å². The number of urea groups is 1. The molecule has 2 aromatic carbocycles. The number of aromatic nitrogens is 2. The van der Waals surface area contributed by atoms with Crippen LogP contribution in [0, 0.1) is 0 Å². The van der Waals surface area contributed by atoms with Crippen LogP contribution >= 0.6 is 22.9 Å². The molecule has 2 heterocycles. The molecule has 0 radical (unpaired) electrons. The van der Waals surface area contributed by atoms with Gasteiger partial charge >= 0.3 is 6.03 Å². The van der Waals surface area contributed by atoms with Gasteiger partial charge in [0.15, 0.2) is 0 Å². The van der Waals surface area contributed by atoms with Crippen LogP contribution in [0.15, 0.2) is 48.5 Å². The van der Waals surface area contributed by atoms with Crippen LogP contribution in [0.5, 0.6) is 0 Å². The third-order valence-corrected chi connectivity index (χ3v) is 6.30. The minimum absolute atomic E-state index is 0.269. The Balaban J connectivity index is 1.40. The predicted octanol–water partition coefficient (Wildman–Crippen LogP) is 4.56. The van der Waals surface area contributed by atoms with Gasteiger partial charge in [-0.1, -0.05) is 29.0 Å². The van der Waals surface area contributed by atoms with E-state index in [9.17, 15) is 9.59 Å². The molecule has 0 saturated carbocycles. The van der Waals surface area contributed by atoms with E-state index in [4.69, 9.17) is 11.6 Å². The zero-order valence-corrected chi connectivity index (χ0v) is 19.3. The highest BCUT2D eigenvalue weighted by Gasteiger charge is 2.34. The van der Waals surface area contributed by atoms with E-state index in [1.165, 1.54) is 16.2 Å². The number of halogens is 1. The zero-order chi connectivity index (χ0) is 22.7. The van der Waals surface area contributed by atoms with Crippen molar-refractivity contribution >= 4 is 51.4 Å². The molecule has 1 atom stereocenters. The Bertz CT molecular complexity index is 1120. The van der Waals surface area contributed by atoms with Crippen LogP contribution in [-0.2, 0) is 4.79 Å². The first kappa shape index (κ1) is 22.0. The molecule has 2 N–H and O–H groups in total. The fraction of sp³-hybridized carbons (Fsp3) is 0.273. The van der Waals surface area contributed by atoms with Crippen LogP contribution in [0.2, 0.25) is 5.02 Å². The van der Waals surface area contributed by atoms with Gasteiger partial charge in [0.1, 0.15) is 11.0 Å². The van der Waals surface area contributed by atoms with Crippen molar-refractivity contribution in [2.45, 2.75) is 18.9 Å². The molecule has 3 amide bonds. The first-order chi connectivity index (χ1) is 15.4. The molecule has 0 aliphatic carbocycles. The van der Waals surface area contributed by atoms with Crippen molar-refractivity contribution in [3.63, 3.8) is 0 Å². The van der Waals surface area contributed by atoms with Crippen molar-refractivity contribution in [3.8, 4) is 10.6 Å². The van der Waals surface area contributed by atoms with Gasteiger partial charge < -0.3 is 15.1 Å². The molecule has 1 aliphatic rings. The van der Waals surface area contributed by atoms with Crippen LogP contribution in [0.4, 0.5) is 21.3 Å². The monoisotopic (exact) mass is 470 g/mol. The second-order valence-electron chi connectivity index (χ2n) is 7.63. The quantitative estimate of drug-likeness (QED) is 0.570. The molecular formula is C22H23ClN6O2S. The number of carbonyl (C=O) groups is 2. The number of amides is 3. The van der Waals surface area contributed by atoms with E-state index in [1.54, 1.807) is 24.3 Å². The fourth-order valence-electron chi connectivity index (χ4n) is 3.53. The topological polar surface area (TPSA) is 90.5 Å². The highest BCUT2D eigenvalue weighted by atomic mass is 35.5. The molecule has 8 nitrogen and oxygen atoms in total. The Hall–Kier alpha value is -3.17. The van der Waals surface area contributed by atoms with Crippen molar-refractivity contribution in [2.24, 2.45) is 0 Å². The number of hydrogen-bond acceptors (Lipinski definition) is 6. The molecule has 10 heteroatoms. The van der Waals surface area contributed by atoms with Crippen LogP contribution in [0.25, 0.3) is 10.6 Å². The molecule has 3 aromatic rings. The van der Waals surface area contributed by atoms with Crippen LogP contribution in [-0.4, -0.2) is 53.7 Å². The molecular weight excluding hydrogens is 448 g/mol. The van der Waals surface area contributed by atoms with E-state index in [0.717, 1.165) is 17.7 Å². The number of anilines is 3. The molecule has 1 fully saturated rings. The molecule has 0 spiro atoms. The fourth-order valence-corrected chi connectivity index (χ4v) is 4.47. The Morgan fingerprint density at radius 1 is 1.12 bits per heavy atom. The van der Waals surface area contributed by atoms with E-state index in [1.807, 2.05) is 43.3 Å². The number of carbonyl (C=O) groups excluding carboxylic acids is 2. The molecule has 4 rings (SSSR count). The Labute approximate surface area is 195 Å². The summed E-state index contributed by atoms with van der Waals surface area (Å²) in [4.78, 5) is 29.2. The van der Waals surface area contributed by atoms with E-state index in [2.05, 4.69) is 20.8 Å². The summed E-state index contributed by atoms with van der Waals surface area (Å²) in [6, 6.07) is 14.0. The van der Waals surface area contributed by atoms with E-state index >= 15 is 0 Å². The minimum Gasteiger partial charge on any atom is -0.378 e. The largest absolute Gasteiger partial charge is 0.378 e. The third-order valence-electron chi connectivity index (χ3n) is 5.18. The van der Waals surface area contributed by atoms with E-state index in [0.29, 0.717) is 33.8 Å². The van der Waals surface area contributed by atoms with Gasteiger partial charge in [0, 0.05) is 42.6 Å². The molecule has 1 aromatic heterocycles. The molecule has 1 aliphatic heterocycles. The zero-order valence-electron chi connectivity index (χ0n) is 17.7. The average molecular weight is 471 g/mol. The number of nitrogens with one attached hydrogen (secondary N) is 2. The summed E-state index contributed by atoms with van der Waals surface area (Å²) in [7, 11) is 3.96. The summed E-state index contributed by atoms with van der Waals surface area (Å²) in [6.07, 6.45) is 1.34. The number of rotatable bonds is 5. The van der Waals surface area contributed by atoms with Crippen molar-refractivity contribution in [2.75, 3.05) is 36.2 Å². The lowest BCUT2D eigenvalue weighted by atomic mass is 10.2. The number of benzene rings is 2. The van der Waals surface area contributed by atoms with Gasteiger partial charge in [-0.25, -0.2) is 4.79 Å². The van der Waals surface area contributed by atoms with Crippen LogP contribution in [0.3, 0.4) is 0 Å². The molecule has 1 unspecified atom stereocenters. The predicted molar refractivity (Wildman–Crippen MR) is 129 cm³/mol. The van der Waals surface area contributed by atoms with Crippen LogP contribution < -0.4 is 15.5 Å². The van der Waals surface area contributed by atoms with E-state index in [-0.39, 0.29) is 11.9 Å². The SMILES string of the molecule is CN(C)c1ccc(-c2nnc(NC(=O)C3CCCN3C(=O)Nc3cccc(Cl)c3)s2)cc1. The van der Waals surface area contributed by atoms with Crippen molar-refractivity contribution < 1.29 is 9.59 Å². The summed E-state index contributed by atoms with van der Waals surface area (Å²) in [5, 5.41) is 15.6. The minimum atomic E-state index is -0.569. The first-order valence-corrected chi connectivity index (χ1v) is 11.4. The summed E-state index contributed by atoms with van der Waals surface area (Å²) >= 11 is 7.28. The molecule has 32 heavy (non-hydrogen) atoms. The van der Waals surface area contributed by atoms with Crippen molar-refractivity contribution in [1.82, 2.24) is 15.1 Å². The highest BCUT2D eigenvalue weighted by Crippen LogP contribution is 2.29. The summed E-state index contributed by atoms with van der Waals surface area (Å²) in [5.41, 5.74) is 2.60. The van der Waals surface area contributed by atoms with Crippen molar-refractivity contribution in [1.29, 1.82) is 0 Å². The van der Waals surface area contributed by atoms with Crippen LogP contribution in [0.1, 0.15) is 12.8 Å². The number of likely N-dealkylation sites (tertiary alicyclic amines) is 1. The number of hydrogen-bond donors (Lipinski definition) is 2. The maximum absolute atomic E-state index is 12.9. The van der Waals surface area contributed by atoms with Gasteiger partial charge in [0.25, 0.3) is 0 Å². The standard InChI is InChI=1S/C22H23ClN6O2S/c1-28(2)17-10-8-14(9-11-17)20-26-27-21(32-20)25-19(30)18-7-4-12-29(18)22(31)24-16-6-3-5-15(23)13-16/h3,5-6,8-11,13,18H,4,7,12H2,1-2H3,(H,24,31)(H,25,27,30). The van der Waals surface area contributed by atoms with Gasteiger partial charge in [-0.15, -0.1) is 10.2 Å². The van der Waals surface area contributed by atoms with Gasteiger partial charge in [-0.3, -0.25) is 10.1 Å². The molecule has 166 valence electrons. The normalized spacial score (nSPS) is 15.5. The lowest BCUT2D eigenvalue weighted by molar-refractivity contribution is -0.119. The number of nitrogens with zero attached hydrogens (tertiary/aromatic N) is 4. The lowest BCUT2D eigenvalue weighted by Crippen LogP contribution is -2.45. The summed E-state index contributed by atoms with van der Waals surface area (Å²) in [6.45, 7) is 0.504. The maximum atomic E-state index is 12.9. The first-order valence-electron chi connectivity index (χ1n) is 10.2. The highest BCUT2D eigenvalue weighted by molar-refractivity contribution is 7.18. The third kappa shape index (κ3) is 5.00. The molecule has 1 saturated heterocycles. The van der Waals surface area contributed by atoms with E-state index < -0.39 is 6.04 Å². The maximum Gasteiger partial charge on any atom is 0.322 e. The smallest absolute Gasteiger partial charge is 0.322 e. The molecule has 0 bridgehead atoms. The van der Waals surface area contributed by atoms with Gasteiger partial charge in [-0.2, -0.15) is 0 Å². The van der Waals surface area contributed by atoms with Crippen molar-refractivity contribution in [3.05, 3.63) is 53.6 Å². The van der Waals surface area contributed by atoms with Gasteiger partial charge in [0.05, 0.1) is 0 Å². The second kappa shape index (κ2) is 9.54. The second-order valence-corrected chi connectivity index (χ2v) is 9.05. The average Bonchev–Trinajstić information content (AvgIpc) is 3.44.